The summed E-state index contributed by atoms with van der Waals surface area (Å²) in [5.41, 5.74) is 1.18. The van der Waals surface area contributed by atoms with E-state index < -0.39 is 40.9 Å². The molecule has 0 fully saturated rings. The van der Waals surface area contributed by atoms with Crippen LogP contribution in [0.5, 0.6) is 0 Å². The summed E-state index contributed by atoms with van der Waals surface area (Å²) in [7, 11) is 0. The molecule has 0 saturated carbocycles. The highest BCUT2D eigenvalue weighted by Crippen LogP contribution is 2.41. The SMILES string of the molecule is Cl.N[C@@H](c1cccs1)c1c(F)cc(C(F)(F)F)cc1C(F)(F)F. The molecule has 128 valence electrons. The van der Waals surface area contributed by atoms with Gasteiger partial charge in [-0.2, -0.15) is 26.3 Å². The van der Waals surface area contributed by atoms with Crippen molar-refractivity contribution in [2.45, 2.75) is 18.4 Å². The third-order valence-corrected chi connectivity index (χ3v) is 3.88. The Labute approximate surface area is 136 Å². The van der Waals surface area contributed by atoms with E-state index in [2.05, 4.69) is 0 Å². The van der Waals surface area contributed by atoms with Crippen molar-refractivity contribution in [3.63, 3.8) is 0 Å². The van der Waals surface area contributed by atoms with Gasteiger partial charge in [0.1, 0.15) is 5.82 Å². The van der Waals surface area contributed by atoms with Crippen LogP contribution in [0.3, 0.4) is 0 Å². The molecule has 0 spiro atoms. The summed E-state index contributed by atoms with van der Waals surface area (Å²) < 4.78 is 90.7. The van der Waals surface area contributed by atoms with Crippen LogP contribution >= 0.6 is 23.7 Å². The van der Waals surface area contributed by atoms with Gasteiger partial charge < -0.3 is 5.73 Å². The number of hydrogen-bond acceptors (Lipinski definition) is 2. The molecule has 0 bridgehead atoms. The molecule has 1 aromatic carbocycles. The number of rotatable bonds is 2. The summed E-state index contributed by atoms with van der Waals surface area (Å²) in [6.07, 6.45) is -10.3. The molecule has 0 amide bonds. The minimum Gasteiger partial charge on any atom is -0.320 e. The zero-order valence-electron chi connectivity index (χ0n) is 11.0. The summed E-state index contributed by atoms with van der Waals surface area (Å²) in [5.74, 6) is -1.64. The molecule has 1 heterocycles. The fourth-order valence-corrected chi connectivity index (χ4v) is 2.68. The van der Waals surface area contributed by atoms with Crippen molar-refractivity contribution in [1.29, 1.82) is 0 Å². The van der Waals surface area contributed by atoms with E-state index in [9.17, 15) is 30.7 Å². The minimum atomic E-state index is -5.16. The van der Waals surface area contributed by atoms with Crippen LogP contribution in [0.2, 0.25) is 0 Å². The average Bonchev–Trinajstić information content (AvgIpc) is 2.88. The van der Waals surface area contributed by atoms with Gasteiger partial charge in [0.05, 0.1) is 17.2 Å². The lowest BCUT2D eigenvalue weighted by Crippen LogP contribution is -2.21. The van der Waals surface area contributed by atoms with Gasteiger partial charge in [-0.25, -0.2) is 4.39 Å². The highest BCUT2D eigenvalue weighted by molar-refractivity contribution is 7.10. The van der Waals surface area contributed by atoms with Gasteiger partial charge in [0, 0.05) is 10.4 Å². The van der Waals surface area contributed by atoms with Crippen molar-refractivity contribution in [2.24, 2.45) is 5.73 Å². The molecule has 0 aliphatic heterocycles. The van der Waals surface area contributed by atoms with Gasteiger partial charge in [-0.05, 0) is 23.6 Å². The average molecular weight is 380 g/mol. The van der Waals surface area contributed by atoms with E-state index in [4.69, 9.17) is 5.73 Å². The maximum Gasteiger partial charge on any atom is 0.416 e. The molecule has 1 aromatic heterocycles. The summed E-state index contributed by atoms with van der Waals surface area (Å²) in [6, 6.07) is 1.28. The monoisotopic (exact) mass is 379 g/mol. The van der Waals surface area contributed by atoms with Crippen LogP contribution in [0.25, 0.3) is 0 Å². The first-order chi connectivity index (χ1) is 10.0. The quantitative estimate of drug-likeness (QED) is 0.695. The van der Waals surface area contributed by atoms with Gasteiger partial charge >= 0.3 is 12.4 Å². The summed E-state index contributed by atoms with van der Waals surface area (Å²) >= 11 is 0.982. The lowest BCUT2D eigenvalue weighted by Gasteiger charge is -2.20. The van der Waals surface area contributed by atoms with Crippen molar-refractivity contribution in [3.05, 3.63) is 57.0 Å². The number of nitrogens with two attached hydrogens (primary N) is 1. The van der Waals surface area contributed by atoms with Gasteiger partial charge in [-0.1, -0.05) is 6.07 Å². The Kier molecular flexibility index (Phi) is 5.71. The molecular weight excluding hydrogens is 371 g/mol. The predicted molar refractivity (Wildman–Crippen MR) is 74.0 cm³/mol. The second-order valence-electron chi connectivity index (χ2n) is 4.41. The Hall–Kier alpha value is -1.32. The Bertz CT molecular complexity index is 664. The number of hydrogen-bond donors (Lipinski definition) is 1. The van der Waals surface area contributed by atoms with E-state index in [1.165, 1.54) is 17.5 Å². The fraction of sp³-hybridized carbons (Fsp3) is 0.231. The molecule has 0 aliphatic carbocycles. The molecule has 0 aliphatic rings. The van der Waals surface area contributed by atoms with E-state index >= 15 is 0 Å². The number of benzene rings is 1. The van der Waals surface area contributed by atoms with Gasteiger partial charge in [0.2, 0.25) is 0 Å². The Morgan fingerprint density at radius 1 is 1.00 bits per heavy atom. The van der Waals surface area contributed by atoms with Crippen molar-refractivity contribution in [2.75, 3.05) is 0 Å². The van der Waals surface area contributed by atoms with Crippen LogP contribution < -0.4 is 5.73 Å². The Morgan fingerprint density at radius 2 is 1.61 bits per heavy atom. The van der Waals surface area contributed by atoms with Crippen LogP contribution in [0, 0.1) is 5.82 Å². The summed E-state index contributed by atoms with van der Waals surface area (Å²) in [6.45, 7) is 0. The second kappa shape index (κ2) is 6.66. The van der Waals surface area contributed by atoms with Gasteiger partial charge in [0.25, 0.3) is 0 Å². The van der Waals surface area contributed by atoms with Crippen molar-refractivity contribution >= 4 is 23.7 Å². The van der Waals surface area contributed by atoms with Crippen LogP contribution in [-0.4, -0.2) is 0 Å². The van der Waals surface area contributed by atoms with Crippen LogP contribution in [-0.2, 0) is 12.4 Å². The first kappa shape index (κ1) is 19.7. The molecule has 10 heteroatoms. The van der Waals surface area contributed by atoms with Gasteiger partial charge in [-0.15, -0.1) is 23.7 Å². The maximum atomic E-state index is 13.9. The minimum absolute atomic E-state index is 0. The molecule has 1 nitrogen and oxygen atoms in total. The standard InChI is InChI=1S/C13H8F7NS.ClH/c14-8-5-6(12(15,16)17)4-7(13(18,19)20)10(8)11(21)9-2-1-3-22-9;/h1-5,11H,21H2;1H/t11-;/m0./s1. The fourth-order valence-electron chi connectivity index (χ4n) is 1.94. The lowest BCUT2D eigenvalue weighted by molar-refractivity contribution is -0.143. The summed E-state index contributed by atoms with van der Waals surface area (Å²) in [5, 5.41) is 1.52. The highest BCUT2D eigenvalue weighted by atomic mass is 35.5. The molecule has 23 heavy (non-hydrogen) atoms. The van der Waals surface area contributed by atoms with Crippen LogP contribution in [0.15, 0.2) is 29.6 Å². The summed E-state index contributed by atoms with van der Waals surface area (Å²) in [4.78, 5) is 0.212. The zero-order chi connectivity index (χ0) is 16.7. The number of thiophene rings is 1. The molecule has 0 unspecified atom stereocenters. The van der Waals surface area contributed by atoms with Gasteiger partial charge in [-0.3, -0.25) is 0 Å². The Balaban J connectivity index is 0.00000264. The molecular formula is C13H9ClF7NS. The predicted octanol–water partition coefficient (Wildman–Crippen LogP) is 5.39. The Morgan fingerprint density at radius 3 is 2.04 bits per heavy atom. The van der Waals surface area contributed by atoms with Crippen molar-refractivity contribution in [1.82, 2.24) is 0 Å². The first-order valence-corrected chi connectivity index (χ1v) is 6.66. The topological polar surface area (TPSA) is 26.0 Å². The third kappa shape index (κ3) is 4.15. The third-order valence-electron chi connectivity index (χ3n) is 2.92. The second-order valence-corrected chi connectivity index (χ2v) is 5.39. The highest BCUT2D eigenvalue weighted by Gasteiger charge is 2.41. The normalized spacial score (nSPS) is 13.6. The molecule has 2 aromatic rings. The number of halogens is 8. The van der Waals surface area contributed by atoms with E-state index in [1.54, 1.807) is 0 Å². The molecule has 0 saturated heterocycles. The first-order valence-electron chi connectivity index (χ1n) is 5.78. The van der Waals surface area contributed by atoms with E-state index in [0.29, 0.717) is 0 Å². The lowest BCUT2D eigenvalue weighted by atomic mass is 9.96. The molecule has 1 atom stereocenters. The van der Waals surface area contributed by atoms with Gasteiger partial charge in [0.15, 0.2) is 0 Å². The van der Waals surface area contributed by atoms with Crippen LogP contribution in [0.4, 0.5) is 30.7 Å². The molecule has 2 N–H and O–H groups in total. The smallest absolute Gasteiger partial charge is 0.320 e. The number of alkyl halides is 6. The molecule has 2 rings (SSSR count). The van der Waals surface area contributed by atoms with Crippen molar-refractivity contribution < 1.29 is 30.7 Å². The molecule has 0 radical (unpaired) electrons. The van der Waals surface area contributed by atoms with Crippen molar-refractivity contribution in [3.8, 4) is 0 Å². The zero-order valence-corrected chi connectivity index (χ0v) is 12.6. The van der Waals surface area contributed by atoms with E-state index in [-0.39, 0.29) is 29.4 Å². The maximum absolute atomic E-state index is 13.9. The van der Waals surface area contributed by atoms with E-state index in [1.807, 2.05) is 0 Å². The van der Waals surface area contributed by atoms with E-state index in [0.717, 1.165) is 11.3 Å². The van der Waals surface area contributed by atoms with Crippen LogP contribution in [0.1, 0.15) is 27.6 Å². The largest absolute Gasteiger partial charge is 0.416 e.